The first kappa shape index (κ1) is 19.2. The van der Waals surface area contributed by atoms with E-state index in [1.165, 1.54) is 11.3 Å². The summed E-state index contributed by atoms with van der Waals surface area (Å²) in [6.07, 6.45) is 0.140. The minimum atomic E-state index is -0.470. The smallest absolute Gasteiger partial charge is 0.231 e. The molecule has 0 aliphatic carbocycles. The first-order chi connectivity index (χ1) is 15.6. The van der Waals surface area contributed by atoms with Crippen molar-refractivity contribution in [3.05, 3.63) is 30.3 Å². The average Bonchev–Trinajstić information content (AvgIpc) is 3.39. The Bertz CT molecular complexity index is 1200. The van der Waals surface area contributed by atoms with Gasteiger partial charge < -0.3 is 29.2 Å². The Morgan fingerprint density at radius 3 is 2.44 bits per heavy atom. The molecule has 0 saturated carbocycles. The number of carbonyl (C=O) groups is 2. The molecule has 1 aromatic heterocycles. The fraction of sp³-hybridized carbons (Fsp3) is 0.318. The highest BCUT2D eigenvalue weighted by molar-refractivity contribution is 7.22. The molecule has 3 aromatic rings. The number of fused-ring (bicyclic) bond motifs is 3. The van der Waals surface area contributed by atoms with Gasteiger partial charge in [0.15, 0.2) is 28.1 Å². The number of nitrogens with one attached hydrogen (secondary N) is 1. The molecule has 9 nitrogen and oxygen atoms in total. The molecule has 0 bridgehead atoms. The van der Waals surface area contributed by atoms with Crippen LogP contribution in [-0.4, -0.2) is 49.8 Å². The van der Waals surface area contributed by atoms with E-state index in [1.807, 2.05) is 18.2 Å². The van der Waals surface area contributed by atoms with Crippen molar-refractivity contribution < 1.29 is 28.5 Å². The van der Waals surface area contributed by atoms with Crippen LogP contribution in [0.5, 0.6) is 23.0 Å². The Morgan fingerprint density at radius 1 is 0.969 bits per heavy atom. The second-order valence-corrected chi connectivity index (χ2v) is 8.74. The van der Waals surface area contributed by atoms with Gasteiger partial charge in [0.2, 0.25) is 11.8 Å². The quantitative estimate of drug-likeness (QED) is 0.651. The molecule has 4 heterocycles. The summed E-state index contributed by atoms with van der Waals surface area (Å²) in [6.45, 7) is 2.29. The van der Waals surface area contributed by atoms with Crippen LogP contribution in [0.4, 0.5) is 10.8 Å². The molecular weight excluding hydrogens is 434 g/mol. The van der Waals surface area contributed by atoms with E-state index < -0.39 is 5.92 Å². The van der Waals surface area contributed by atoms with Gasteiger partial charge in [0.1, 0.15) is 26.4 Å². The molecule has 1 atom stereocenters. The standard InChI is InChI=1S/C22H19N3O6S/c26-20-7-12(11-25(20)13-1-2-15-16(8-13)29-4-3-28-15)21(27)24-22-23-14-9-17-18(10-19(14)32-22)31-6-5-30-17/h1-2,8-10,12H,3-7,11H2,(H,23,24,27)/t12-/m1/s1. The lowest BCUT2D eigenvalue weighted by atomic mass is 10.1. The third-order valence-corrected chi connectivity index (χ3v) is 6.55. The largest absolute Gasteiger partial charge is 0.486 e. The second kappa shape index (κ2) is 7.56. The lowest BCUT2D eigenvalue weighted by Crippen LogP contribution is -2.28. The van der Waals surface area contributed by atoms with Gasteiger partial charge >= 0.3 is 0 Å². The maximum Gasteiger partial charge on any atom is 0.231 e. The van der Waals surface area contributed by atoms with Crippen molar-refractivity contribution >= 4 is 44.2 Å². The minimum Gasteiger partial charge on any atom is -0.486 e. The highest BCUT2D eigenvalue weighted by atomic mass is 32.1. The zero-order valence-corrected chi connectivity index (χ0v) is 17.8. The van der Waals surface area contributed by atoms with Crippen LogP contribution in [-0.2, 0) is 9.59 Å². The molecule has 2 amide bonds. The van der Waals surface area contributed by atoms with E-state index in [0.717, 1.165) is 10.2 Å². The number of thiazole rings is 1. The number of benzene rings is 2. The minimum absolute atomic E-state index is 0.104. The summed E-state index contributed by atoms with van der Waals surface area (Å²) in [5.74, 6) is 1.81. The van der Waals surface area contributed by atoms with Gasteiger partial charge in [-0.1, -0.05) is 11.3 Å². The fourth-order valence-electron chi connectivity index (χ4n) is 4.06. The molecule has 3 aliphatic heterocycles. The number of hydrogen-bond donors (Lipinski definition) is 1. The fourth-order valence-corrected chi connectivity index (χ4v) is 4.94. The third-order valence-electron chi connectivity index (χ3n) is 5.62. The monoisotopic (exact) mass is 453 g/mol. The van der Waals surface area contributed by atoms with Crippen molar-refractivity contribution in [2.24, 2.45) is 5.92 Å². The highest BCUT2D eigenvalue weighted by Crippen LogP contribution is 2.39. The summed E-state index contributed by atoms with van der Waals surface area (Å²) >= 11 is 1.36. The molecule has 1 saturated heterocycles. The number of hydrogen-bond acceptors (Lipinski definition) is 8. The summed E-state index contributed by atoms with van der Waals surface area (Å²) in [7, 11) is 0. The van der Waals surface area contributed by atoms with E-state index >= 15 is 0 Å². The number of nitrogens with zero attached hydrogens (tertiary/aromatic N) is 2. The summed E-state index contributed by atoms with van der Waals surface area (Å²) in [5, 5.41) is 3.35. The van der Waals surface area contributed by atoms with Crippen LogP contribution in [0.2, 0.25) is 0 Å². The molecule has 0 unspecified atom stereocenters. The second-order valence-electron chi connectivity index (χ2n) is 7.71. The molecule has 10 heteroatoms. The van der Waals surface area contributed by atoms with Gasteiger partial charge in [-0.15, -0.1) is 0 Å². The van der Waals surface area contributed by atoms with Gasteiger partial charge in [-0.25, -0.2) is 4.98 Å². The Labute approximate surface area is 186 Å². The van der Waals surface area contributed by atoms with Crippen LogP contribution in [0.1, 0.15) is 6.42 Å². The number of rotatable bonds is 3. The number of amides is 2. The van der Waals surface area contributed by atoms with Crippen molar-refractivity contribution in [2.75, 3.05) is 43.2 Å². The number of anilines is 2. The Balaban J connectivity index is 1.17. The summed E-state index contributed by atoms with van der Waals surface area (Å²) in [6, 6.07) is 9.08. The molecule has 0 radical (unpaired) electrons. The predicted molar refractivity (Wildman–Crippen MR) is 117 cm³/mol. The summed E-state index contributed by atoms with van der Waals surface area (Å²) in [4.78, 5) is 31.6. The molecule has 3 aliphatic rings. The lowest BCUT2D eigenvalue weighted by Gasteiger charge is -2.22. The zero-order chi connectivity index (χ0) is 21.7. The first-order valence-corrected chi connectivity index (χ1v) is 11.2. The summed E-state index contributed by atoms with van der Waals surface area (Å²) < 4.78 is 23.2. The molecule has 32 heavy (non-hydrogen) atoms. The lowest BCUT2D eigenvalue weighted by molar-refractivity contribution is -0.122. The molecule has 6 rings (SSSR count). The normalized spacial score (nSPS) is 19.3. The van der Waals surface area contributed by atoms with Crippen LogP contribution in [0.15, 0.2) is 30.3 Å². The van der Waals surface area contributed by atoms with Crippen molar-refractivity contribution in [3.8, 4) is 23.0 Å². The van der Waals surface area contributed by atoms with Gasteiger partial charge in [-0.3, -0.25) is 9.59 Å². The topological polar surface area (TPSA) is 99.2 Å². The summed E-state index contributed by atoms with van der Waals surface area (Å²) in [5.41, 5.74) is 1.43. The number of aromatic nitrogens is 1. The van der Waals surface area contributed by atoms with Crippen LogP contribution in [0.3, 0.4) is 0 Å². The Hall–Kier alpha value is -3.53. The first-order valence-electron chi connectivity index (χ1n) is 10.3. The van der Waals surface area contributed by atoms with Gasteiger partial charge in [-0.2, -0.15) is 0 Å². The van der Waals surface area contributed by atoms with E-state index in [4.69, 9.17) is 18.9 Å². The van der Waals surface area contributed by atoms with Gasteiger partial charge in [0.25, 0.3) is 0 Å². The van der Waals surface area contributed by atoms with Crippen LogP contribution in [0.25, 0.3) is 10.2 Å². The molecule has 2 aromatic carbocycles. The van der Waals surface area contributed by atoms with Crippen molar-refractivity contribution in [3.63, 3.8) is 0 Å². The van der Waals surface area contributed by atoms with Gasteiger partial charge in [-0.05, 0) is 12.1 Å². The van der Waals surface area contributed by atoms with E-state index in [2.05, 4.69) is 10.3 Å². The Kier molecular flexibility index (Phi) is 4.53. The maximum atomic E-state index is 12.9. The number of carbonyl (C=O) groups excluding carboxylic acids is 2. The van der Waals surface area contributed by atoms with Gasteiger partial charge in [0, 0.05) is 36.9 Å². The SMILES string of the molecule is O=C(Nc1nc2cc3c(cc2s1)OCCO3)[C@@H]1CC(=O)N(c2ccc3c(c2)OCCO3)C1. The van der Waals surface area contributed by atoms with E-state index in [9.17, 15) is 9.59 Å². The van der Waals surface area contributed by atoms with Gasteiger partial charge in [0.05, 0.1) is 16.1 Å². The van der Waals surface area contributed by atoms with Crippen LogP contribution < -0.4 is 29.2 Å². The van der Waals surface area contributed by atoms with E-state index in [1.54, 1.807) is 17.0 Å². The van der Waals surface area contributed by atoms with Crippen LogP contribution in [0, 0.1) is 5.92 Å². The molecule has 1 fully saturated rings. The zero-order valence-electron chi connectivity index (χ0n) is 17.0. The van der Waals surface area contributed by atoms with E-state index in [0.29, 0.717) is 66.8 Å². The Morgan fingerprint density at radius 2 is 1.66 bits per heavy atom. The molecule has 1 N–H and O–H groups in total. The predicted octanol–water partition coefficient (Wildman–Crippen LogP) is 2.83. The van der Waals surface area contributed by atoms with Crippen LogP contribution >= 0.6 is 11.3 Å². The third kappa shape index (κ3) is 3.36. The maximum absolute atomic E-state index is 12.9. The molecule has 0 spiro atoms. The molecular formula is C22H19N3O6S. The van der Waals surface area contributed by atoms with Crippen molar-refractivity contribution in [2.45, 2.75) is 6.42 Å². The highest BCUT2D eigenvalue weighted by Gasteiger charge is 2.36. The number of ether oxygens (including phenoxy) is 4. The average molecular weight is 453 g/mol. The molecule has 164 valence electrons. The van der Waals surface area contributed by atoms with Crippen molar-refractivity contribution in [1.82, 2.24) is 4.98 Å². The van der Waals surface area contributed by atoms with E-state index in [-0.39, 0.29) is 18.2 Å². The van der Waals surface area contributed by atoms with Crippen molar-refractivity contribution in [1.29, 1.82) is 0 Å².